The maximum atomic E-state index is 13.6. The molecule has 108 valence electrons. The number of halogens is 1. The van der Waals surface area contributed by atoms with Gasteiger partial charge in [0.15, 0.2) is 0 Å². The Morgan fingerprint density at radius 2 is 2.20 bits per heavy atom. The van der Waals surface area contributed by atoms with Gasteiger partial charge in [0.05, 0.1) is 23.3 Å². The Balaban J connectivity index is 2.18. The third kappa shape index (κ3) is 2.96. The Bertz CT molecular complexity index is 538. The van der Waals surface area contributed by atoms with Gasteiger partial charge < -0.3 is 15.2 Å². The van der Waals surface area contributed by atoms with Crippen LogP contribution in [0.15, 0.2) is 18.2 Å². The number of benzene rings is 1. The predicted octanol–water partition coefficient (Wildman–Crippen LogP) is 2.28. The number of hydrogen-bond acceptors (Lipinski definition) is 3. The van der Waals surface area contributed by atoms with E-state index in [0.717, 1.165) is 24.6 Å². The minimum atomic E-state index is -1.17. The second-order valence-corrected chi connectivity index (χ2v) is 5.17. The molecule has 1 heterocycles. The Hall–Kier alpha value is -1.95. The molecule has 0 unspecified atom stereocenters. The van der Waals surface area contributed by atoms with Crippen molar-refractivity contribution < 1.29 is 23.8 Å². The van der Waals surface area contributed by atoms with E-state index in [2.05, 4.69) is 5.32 Å². The summed E-state index contributed by atoms with van der Waals surface area (Å²) in [5.74, 6) is -2.20. The van der Waals surface area contributed by atoms with Crippen LogP contribution in [-0.2, 0) is 9.53 Å². The lowest BCUT2D eigenvalue weighted by Gasteiger charge is -2.31. The molecule has 0 spiro atoms. The number of aromatic carboxylic acids is 1. The van der Waals surface area contributed by atoms with Crippen molar-refractivity contribution >= 4 is 17.6 Å². The van der Waals surface area contributed by atoms with E-state index in [-0.39, 0.29) is 23.8 Å². The zero-order valence-electron chi connectivity index (χ0n) is 11.1. The molecule has 1 aliphatic rings. The first-order valence-electron chi connectivity index (χ1n) is 6.34. The number of hydrogen-bond donors (Lipinski definition) is 2. The fraction of sp³-hybridized carbons (Fsp3) is 0.429. The van der Waals surface area contributed by atoms with Crippen molar-refractivity contribution in [2.24, 2.45) is 5.41 Å². The van der Waals surface area contributed by atoms with Crippen LogP contribution in [0.25, 0.3) is 0 Å². The molecule has 2 rings (SSSR count). The van der Waals surface area contributed by atoms with Crippen LogP contribution in [0.2, 0.25) is 0 Å². The van der Waals surface area contributed by atoms with Gasteiger partial charge >= 0.3 is 5.97 Å². The van der Waals surface area contributed by atoms with E-state index in [4.69, 9.17) is 9.84 Å². The van der Waals surface area contributed by atoms with Crippen molar-refractivity contribution in [3.05, 3.63) is 29.6 Å². The molecule has 5 nitrogen and oxygen atoms in total. The van der Waals surface area contributed by atoms with E-state index in [9.17, 15) is 14.0 Å². The van der Waals surface area contributed by atoms with Gasteiger partial charge in [0.1, 0.15) is 5.82 Å². The van der Waals surface area contributed by atoms with E-state index in [0.29, 0.717) is 13.0 Å². The summed E-state index contributed by atoms with van der Waals surface area (Å²) in [6, 6.07) is 3.29. The third-order valence-corrected chi connectivity index (χ3v) is 3.45. The van der Waals surface area contributed by atoms with Crippen LogP contribution in [-0.4, -0.2) is 30.2 Å². The summed E-state index contributed by atoms with van der Waals surface area (Å²) in [4.78, 5) is 23.1. The quantitative estimate of drug-likeness (QED) is 0.891. The van der Waals surface area contributed by atoms with Gasteiger partial charge in [0.2, 0.25) is 5.91 Å². The number of rotatable bonds is 3. The summed E-state index contributed by atoms with van der Waals surface area (Å²) in [7, 11) is 0. The summed E-state index contributed by atoms with van der Waals surface area (Å²) in [6.45, 7) is 2.64. The zero-order chi connectivity index (χ0) is 14.8. The highest BCUT2D eigenvalue weighted by atomic mass is 19.1. The van der Waals surface area contributed by atoms with Crippen LogP contribution in [0.4, 0.5) is 10.1 Å². The van der Waals surface area contributed by atoms with Gasteiger partial charge in [-0.3, -0.25) is 4.79 Å². The summed E-state index contributed by atoms with van der Waals surface area (Å²) in [5, 5.41) is 11.3. The normalized spacial score (nSPS) is 22.3. The smallest absolute Gasteiger partial charge is 0.335 e. The number of carbonyl (C=O) groups excluding carboxylic acids is 1. The van der Waals surface area contributed by atoms with E-state index in [1.54, 1.807) is 6.92 Å². The van der Waals surface area contributed by atoms with Crippen LogP contribution < -0.4 is 5.32 Å². The summed E-state index contributed by atoms with van der Waals surface area (Å²) >= 11 is 0. The highest BCUT2D eigenvalue weighted by Crippen LogP contribution is 2.30. The molecule has 1 amide bonds. The number of carbonyl (C=O) groups is 2. The van der Waals surface area contributed by atoms with Crippen molar-refractivity contribution in [2.75, 3.05) is 18.5 Å². The van der Waals surface area contributed by atoms with Crippen molar-refractivity contribution in [3.8, 4) is 0 Å². The Morgan fingerprint density at radius 3 is 2.80 bits per heavy atom. The fourth-order valence-electron chi connectivity index (χ4n) is 2.14. The zero-order valence-corrected chi connectivity index (χ0v) is 11.1. The van der Waals surface area contributed by atoms with Crippen LogP contribution in [0.5, 0.6) is 0 Å². The molecule has 1 fully saturated rings. The monoisotopic (exact) mass is 281 g/mol. The molecule has 20 heavy (non-hydrogen) atoms. The Morgan fingerprint density at radius 1 is 1.45 bits per heavy atom. The highest BCUT2D eigenvalue weighted by Gasteiger charge is 2.35. The lowest BCUT2D eigenvalue weighted by Crippen LogP contribution is -2.40. The average molecular weight is 281 g/mol. The largest absolute Gasteiger partial charge is 0.478 e. The van der Waals surface area contributed by atoms with E-state index >= 15 is 0 Å². The topological polar surface area (TPSA) is 75.6 Å². The highest BCUT2D eigenvalue weighted by molar-refractivity contribution is 5.97. The maximum absolute atomic E-state index is 13.6. The molecule has 0 aliphatic carbocycles. The molecular formula is C14H16FNO4. The van der Waals surface area contributed by atoms with E-state index in [1.165, 1.54) is 0 Å². The Kier molecular flexibility index (Phi) is 4.04. The van der Waals surface area contributed by atoms with Gasteiger partial charge in [-0.05, 0) is 38.0 Å². The van der Waals surface area contributed by atoms with E-state index in [1.807, 2.05) is 0 Å². The van der Waals surface area contributed by atoms with Gasteiger partial charge in [0, 0.05) is 6.61 Å². The molecule has 1 aromatic carbocycles. The molecular weight excluding hydrogens is 265 g/mol. The number of amides is 1. The molecule has 0 saturated carbocycles. The van der Waals surface area contributed by atoms with Crippen LogP contribution in [0.3, 0.4) is 0 Å². The van der Waals surface area contributed by atoms with Crippen LogP contribution in [0.1, 0.15) is 30.1 Å². The summed E-state index contributed by atoms with van der Waals surface area (Å²) < 4.78 is 18.9. The SMILES string of the molecule is C[C@]1(C(=O)Nc2cc(C(=O)O)ccc2F)CCCOC1. The predicted molar refractivity (Wildman–Crippen MR) is 70.1 cm³/mol. The van der Waals surface area contributed by atoms with Crippen molar-refractivity contribution in [3.63, 3.8) is 0 Å². The number of anilines is 1. The number of ether oxygens (including phenoxy) is 1. The summed E-state index contributed by atoms with van der Waals surface area (Å²) in [5.41, 5.74) is -0.919. The molecule has 6 heteroatoms. The minimum Gasteiger partial charge on any atom is -0.478 e. The third-order valence-electron chi connectivity index (χ3n) is 3.45. The molecule has 1 aliphatic heterocycles. The minimum absolute atomic E-state index is 0.0771. The van der Waals surface area contributed by atoms with Crippen LogP contribution >= 0.6 is 0 Å². The van der Waals surface area contributed by atoms with Gasteiger partial charge in [-0.2, -0.15) is 0 Å². The molecule has 0 radical (unpaired) electrons. The number of nitrogens with one attached hydrogen (secondary N) is 1. The van der Waals surface area contributed by atoms with Gasteiger partial charge in [0.25, 0.3) is 0 Å². The first-order chi connectivity index (χ1) is 9.42. The first-order valence-corrected chi connectivity index (χ1v) is 6.34. The Labute approximate surface area is 115 Å². The molecule has 2 N–H and O–H groups in total. The lowest BCUT2D eigenvalue weighted by atomic mass is 9.84. The van der Waals surface area contributed by atoms with Crippen molar-refractivity contribution in [1.82, 2.24) is 0 Å². The van der Waals surface area contributed by atoms with Gasteiger partial charge in [-0.25, -0.2) is 9.18 Å². The number of carboxylic acids is 1. The molecule has 1 atom stereocenters. The number of carboxylic acid groups (broad SMARTS) is 1. The van der Waals surface area contributed by atoms with Crippen molar-refractivity contribution in [1.29, 1.82) is 0 Å². The second kappa shape index (κ2) is 5.58. The fourth-order valence-corrected chi connectivity index (χ4v) is 2.14. The average Bonchev–Trinajstić information content (AvgIpc) is 2.41. The second-order valence-electron chi connectivity index (χ2n) is 5.17. The molecule has 0 bridgehead atoms. The van der Waals surface area contributed by atoms with Gasteiger partial charge in [-0.15, -0.1) is 0 Å². The van der Waals surface area contributed by atoms with Crippen LogP contribution in [0, 0.1) is 11.2 Å². The van der Waals surface area contributed by atoms with Crippen molar-refractivity contribution in [2.45, 2.75) is 19.8 Å². The first kappa shape index (κ1) is 14.5. The van der Waals surface area contributed by atoms with E-state index < -0.39 is 17.2 Å². The maximum Gasteiger partial charge on any atom is 0.335 e. The molecule has 1 aromatic rings. The molecule has 1 saturated heterocycles. The standard InChI is InChI=1S/C14H16FNO4/c1-14(5-2-6-20-8-14)13(19)16-11-7-9(12(17)18)3-4-10(11)15/h3-4,7H,2,5-6,8H2,1H3,(H,16,19)(H,17,18)/t14-/m0/s1. The lowest BCUT2D eigenvalue weighted by molar-refractivity contribution is -0.131. The van der Waals surface area contributed by atoms with Gasteiger partial charge in [-0.1, -0.05) is 0 Å². The molecule has 0 aromatic heterocycles. The summed E-state index contributed by atoms with van der Waals surface area (Å²) in [6.07, 6.45) is 1.42.